The van der Waals surface area contributed by atoms with Crippen LogP contribution in [0, 0.1) is 5.92 Å². The van der Waals surface area contributed by atoms with Gasteiger partial charge in [0.1, 0.15) is 12.6 Å². The van der Waals surface area contributed by atoms with Gasteiger partial charge in [0.05, 0.1) is 5.92 Å². The number of carboxylic acid groups (broad SMARTS) is 1. The van der Waals surface area contributed by atoms with Gasteiger partial charge >= 0.3 is 5.97 Å². The van der Waals surface area contributed by atoms with Crippen molar-refractivity contribution in [2.45, 2.75) is 25.3 Å². The van der Waals surface area contributed by atoms with E-state index in [4.69, 9.17) is 0 Å². The van der Waals surface area contributed by atoms with Gasteiger partial charge in [-0.05, 0) is 36.5 Å². The largest absolute Gasteiger partial charge is 0.480 e. The van der Waals surface area contributed by atoms with E-state index in [-0.39, 0.29) is 11.8 Å². The molecule has 2 aromatic carbocycles. The normalized spacial score (nSPS) is 17.2. The van der Waals surface area contributed by atoms with Crippen LogP contribution in [0.15, 0.2) is 54.6 Å². The van der Waals surface area contributed by atoms with E-state index in [0.717, 1.165) is 11.1 Å². The Morgan fingerprint density at radius 1 is 1.14 bits per heavy atom. The van der Waals surface area contributed by atoms with Gasteiger partial charge in [-0.1, -0.05) is 48.5 Å². The molecule has 2 N–H and O–H groups in total. The first-order valence-corrected chi connectivity index (χ1v) is 10.2. The van der Waals surface area contributed by atoms with Crippen molar-refractivity contribution in [1.29, 1.82) is 0 Å². The summed E-state index contributed by atoms with van der Waals surface area (Å²) < 4.78 is 0. The highest BCUT2D eigenvalue weighted by Crippen LogP contribution is 2.27. The van der Waals surface area contributed by atoms with E-state index in [1.165, 1.54) is 4.90 Å². The van der Waals surface area contributed by atoms with Crippen LogP contribution >= 0.6 is 12.6 Å². The molecule has 0 saturated carbocycles. The number of aliphatic carboxylic acids is 1. The predicted octanol–water partition coefficient (Wildman–Crippen LogP) is 2.32. The van der Waals surface area contributed by atoms with Gasteiger partial charge in [0.25, 0.3) is 0 Å². The Labute approximate surface area is 175 Å². The Bertz CT molecular complexity index is 887. The van der Waals surface area contributed by atoms with Crippen molar-refractivity contribution in [3.05, 3.63) is 65.7 Å². The average molecular weight is 413 g/mol. The van der Waals surface area contributed by atoms with Crippen molar-refractivity contribution < 1.29 is 19.5 Å². The maximum absolute atomic E-state index is 13.1. The Kier molecular flexibility index (Phi) is 6.93. The van der Waals surface area contributed by atoms with Gasteiger partial charge in [-0.25, -0.2) is 0 Å². The lowest BCUT2D eigenvalue weighted by atomic mass is 9.99. The van der Waals surface area contributed by atoms with Gasteiger partial charge in [-0.15, -0.1) is 0 Å². The SMILES string of the molecule is O=C(O)CN1C(=O)[C@H](NC(=O)[C@@H](CS)Cc2ccccc2)CCc2ccccc21. The van der Waals surface area contributed by atoms with Gasteiger partial charge in [0, 0.05) is 11.4 Å². The number of hydrogen-bond donors (Lipinski definition) is 3. The van der Waals surface area contributed by atoms with E-state index in [0.29, 0.717) is 30.7 Å². The van der Waals surface area contributed by atoms with Crippen molar-refractivity contribution in [1.82, 2.24) is 5.32 Å². The van der Waals surface area contributed by atoms with E-state index in [9.17, 15) is 19.5 Å². The average Bonchev–Trinajstić information content (AvgIpc) is 2.85. The highest BCUT2D eigenvalue weighted by atomic mass is 32.1. The standard InChI is InChI=1S/C22H24N2O4S/c25-20(26)13-24-19-9-5-4-8-16(19)10-11-18(22(24)28)23-21(27)17(14-29)12-15-6-2-1-3-7-15/h1-9,17-18,29H,10-14H2,(H,23,27)(H,25,26)/t17-,18-/m1/s1. The lowest BCUT2D eigenvalue weighted by molar-refractivity contribution is -0.137. The van der Waals surface area contributed by atoms with E-state index in [2.05, 4.69) is 17.9 Å². The number of carbonyl (C=O) groups excluding carboxylic acids is 2. The fraction of sp³-hybridized carbons (Fsp3) is 0.318. The molecular formula is C22H24N2O4S. The first kappa shape index (κ1) is 20.9. The molecule has 1 aliphatic rings. The third-order valence-electron chi connectivity index (χ3n) is 5.07. The topological polar surface area (TPSA) is 86.7 Å². The molecule has 0 spiro atoms. The quantitative estimate of drug-likeness (QED) is 0.609. The van der Waals surface area contributed by atoms with Crippen LogP contribution in [-0.2, 0) is 27.2 Å². The molecule has 1 heterocycles. The number of aryl methyl sites for hydroxylation is 1. The molecule has 2 atom stereocenters. The van der Waals surface area contributed by atoms with Crippen LogP contribution in [-0.4, -0.2) is 41.2 Å². The highest BCUT2D eigenvalue weighted by Gasteiger charge is 2.33. The fourth-order valence-corrected chi connectivity index (χ4v) is 3.87. The highest BCUT2D eigenvalue weighted by molar-refractivity contribution is 7.80. The van der Waals surface area contributed by atoms with Crippen LogP contribution in [0.3, 0.4) is 0 Å². The minimum absolute atomic E-state index is 0.247. The number of benzene rings is 2. The summed E-state index contributed by atoms with van der Waals surface area (Å²) in [6.07, 6.45) is 1.52. The molecule has 7 heteroatoms. The molecular weight excluding hydrogens is 388 g/mol. The van der Waals surface area contributed by atoms with E-state index in [1.54, 1.807) is 12.1 Å². The smallest absolute Gasteiger partial charge is 0.323 e. The van der Waals surface area contributed by atoms with Gasteiger partial charge in [-0.2, -0.15) is 12.6 Å². The summed E-state index contributed by atoms with van der Waals surface area (Å²) in [7, 11) is 0. The zero-order valence-electron chi connectivity index (χ0n) is 16.0. The summed E-state index contributed by atoms with van der Waals surface area (Å²) in [4.78, 5) is 38.5. The van der Waals surface area contributed by atoms with Crippen molar-refractivity contribution in [2.75, 3.05) is 17.2 Å². The molecule has 3 rings (SSSR count). The van der Waals surface area contributed by atoms with E-state index < -0.39 is 24.5 Å². The van der Waals surface area contributed by atoms with E-state index in [1.807, 2.05) is 42.5 Å². The number of hydrogen-bond acceptors (Lipinski definition) is 4. The van der Waals surface area contributed by atoms with Crippen LogP contribution in [0.2, 0.25) is 0 Å². The van der Waals surface area contributed by atoms with Crippen molar-refractivity contribution in [3.63, 3.8) is 0 Å². The lowest BCUT2D eigenvalue weighted by Crippen LogP contribution is -2.51. The summed E-state index contributed by atoms with van der Waals surface area (Å²) in [5, 5.41) is 12.1. The van der Waals surface area contributed by atoms with Crippen molar-refractivity contribution >= 4 is 36.1 Å². The third kappa shape index (κ3) is 5.17. The molecule has 0 fully saturated rings. The van der Waals surface area contributed by atoms with E-state index >= 15 is 0 Å². The molecule has 2 aromatic rings. The van der Waals surface area contributed by atoms with Gasteiger partial charge < -0.3 is 10.4 Å². The Balaban J connectivity index is 1.76. The Hall–Kier alpha value is -2.80. The molecule has 0 aliphatic carbocycles. The number of fused-ring (bicyclic) bond motifs is 1. The van der Waals surface area contributed by atoms with Gasteiger partial charge in [0.2, 0.25) is 11.8 Å². The number of rotatable bonds is 7. The number of amides is 2. The summed E-state index contributed by atoms with van der Waals surface area (Å²) in [6, 6.07) is 16.1. The molecule has 6 nitrogen and oxygen atoms in total. The first-order chi connectivity index (χ1) is 14.0. The zero-order chi connectivity index (χ0) is 20.8. The molecule has 0 aromatic heterocycles. The number of nitrogens with zero attached hydrogens (tertiary/aromatic N) is 1. The van der Waals surface area contributed by atoms with Crippen molar-refractivity contribution in [2.24, 2.45) is 5.92 Å². The van der Waals surface area contributed by atoms with Crippen molar-refractivity contribution in [3.8, 4) is 0 Å². The Morgan fingerprint density at radius 3 is 2.52 bits per heavy atom. The number of carbonyl (C=O) groups is 3. The predicted molar refractivity (Wildman–Crippen MR) is 114 cm³/mol. The maximum Gasteiger partial charge on any atom is 0.323 e. The summed E-state index contributed by atoms with van der Waals surface area (Å²) in [5.74, 6) is -1.78. The second-order valence-electron chi connectivity index (χ2n) is 7.12. The molecule has 0 radical (unpaired) electrons. The molecule has 0 saturated heterocycles. The van der Waals surface area contributed by atoms with Gasteiger partial charge in [0.15, 0.2) is 0 Å². The number of thiol groups is 1. The molecule has 29 heavy (non-hydrogen) atoms. The summed E-state index contributed by atoms with van der Waals surface area (Å²) >= 11 is 4.32. The summed E-state index contributed by atoms with van der Waals surface area (Å²) in [6.45, 7) is -0.442. The molecule has 2 amide bonds. The first-order valence-electron chi connectivity index (χ1n) is 9.56. The second kappa shape index (κ2) is 9.60. The number of nitrogens with one attached hydrogen (secondary N) is 1. The van der Waals surface area contributed by atoms with Crippen LogP contribution < -0.4 is 10.2 Å². The minimum Gasteiger partial charge on any atom is -0.480 e. The monoisotopic (exact) mass is 412 g/mol. The second-order valence-corrected chi connectivity index (χ2v) is 7.48. The third-order valence-corrected chi connectivity index (χ3v) is 5.52. The van der Waals surface area contributed by atoms with Crippen LogP contribution in [0.1, 0.15) is 17.5 Å². The Morgan fingerprint density at radius 2 is 1.83 bits per heavy atom. The number of para-hydroxylation sites is 1. The zero-order valence-corrected chi connectivity index (χ0v) is 16.8. The summed E-state index contributed by atoms with van der Waals surface area (Å²) in [5.41, 5.74) is 2.51. The minimum atomic E-state index is -1.10. The molecule has 152 valence electrons. The lowest BCUT2D eigenvalue weighted by Gasteiger charge is -2.26. The van der Waals surface area contributed by atoms with Crippen LogP contribution in [0.4, 0.5) is 5.69 Å². The van der Waals surface area contributed by atoms with Crippen LogP contribution in [0.5, 0.6) is 0 Å². The maximum atomic E-state index is 13.1. The fourth-order valence-electron chi connectivity index (χ4n) is 3.58. The number of carboxylic acids is 1. The number of anilines is 1. The molecule has 1 aliphatic heterocycles. The molecule has 0 unspecified atom stereocenters. The molecule has 0 bridgehead atoms. The van der Waals surface area contributed by atoms with Crippen LogP contribution in [0.25, 0.3) is 0 Å². The van der Waals surface area contributed by atoms with Gasteiger partial charge in [-0.3, -0.25) is 19.3 Å².